The molecule has 0 saturated carbocycles. The van der Waals surface area contributed by atoms with E-state index in [1.165, 1.54) is 6.20 Å². The summed E-state index contributed by atoms with van der Waals surface area (Å²) in [5.41, 5.74) is -0.404. The van der Waals surface area contributed by atoms with Crippen LogP contribution in [-0.2, 0) is 4.79 Å². The van der Waals surface area contributed by atoms with Crippen LogP contribution in [-0.4, -0.2) is 16.6 Å². The van der Waals surface area contributed by atoms with E-state index >= 15 is 0 Å². The number of carboxylic acid groups (broad SMARTS) is 1. The zero-order valence-corrected chi connectivity index (χ0v) is 5.83. The average Bonchev–Trinajstić information content (AvgIpc) is 2.08. The maximum atomic E-state index is 10.4. The molecule has 0 fully saturated rings. The van der Waals surface area contributed by atoms with Gasteiger partial charge in [0, 0.05) is 0 Å². The fourth-order valence-corrected chi connectivity index (χ4v) is 0.760. The van der Waals surface area contributed by atoms with Crippen LogP contribution in [0.4, 0.5) is 0 Å². The molecule has 10 heavy (non-hydrogen) atoms. The fourth-order valence-electron chi connectivity index (χ4n) is 0.760. The quantitative estimate of drug-likeness (QED) is 0.594. The van der Waals surface area contributed by atoms with Gasteiger partial charge in [0.1, 0.15) is 5.54 Å². The summed E-state index contributed by atoms with van der Waals surface area (Å²) in [6.07, 6.45) is 1.28. The van der Waals surface area contributed by atoms with E-state index in [1.54, 1.807) is 13.8 Å². The monoisotopic (exact) mass is 140 g/mol. The van der Waals surface area contributed by atoms with Gasteiger partial charge >= 0.3 is 5.97 Å². The summed E-state index contributed by atoms with van der Waals surface area (Å²) in [5, 5.41) is 15.8. The number of azo groups is 1. The van der Waals surface area contributed by atoms with Gasteiger partial charge in [0.25, 0.3) is 0 Å². The lowest BCUT2D eigenvalue weighted by Gasteiger charge is -2.12. The van der Waals surface area contributed by atoms with Crippen molar-refractivity contribution in [3.05, 3.63) is 11.8 Å². The molecule has 0 amide bonds. The maximum Gasteiger partial charge on any atom is 0.335 e. The Morgan fingerprint density at radius 3 is 2.50 bits per heavy atom. The predicted molar refractivity (Wildman–Crippen MR) is 34.7 cm³/mol. The Hall–Kier alpha value is -1.19. The van der Waals surface area contributed by atoms with E-state index in [4.69, 9.17) is 5.11 Å². The largest absolute Gasteiger partial charge is 0.478 e. The number of hydrogen-bond acceptors (Lipinski definition) is 3. The van der Waals surface area contributed by atoms with Gasteiger partial charge in [0.05, 0.1) is 11.8 Å². The van der Waals surface area contributed by atoms with Gasteiger partial charge in [-0.25, -0.2) is 4.79 Å². The van der Waals surface area contributed by atoms with Gasteiger partial charge in [-0.05, 0) is 13.8 Å². The summed E-state index contributed by atoms with van der Waals surface area (Å²) >= 11 is 0. The minimum Gasteiger partial charge on any atom is -0.478 e. The van der Waals surface area contributed by atoms with Crippen LogP contribution in [0.25, 0.3) is 0 Å². The molecule has 0 radical (unpaired) electrons. The average molecular weight is 140 g/mol. The molecule has 0 bridgehead atoms. The van der Waals surface area contributed by atoms with Gasteiger partial charge in [-0.1, -0.05) is 0 Å². The standard InChI is InChI=1S/C6H8N2O2/c1-6(2)4(5(9)10)3-7-8-6/h3H,1-2H3,(H,9,10). The second-order valence-corrected chi connectivity index (χ2v) is 2.62. The maximum absolute atomic E-state index is 10.4. The van der Waals surface area contributed by atoms with Gasteiger partial charge in [-0.15, -0.1) is 0 Å². The zero-order valence-electron chi connectivity index (χ0n) is 5.83. The first-order chi connectivity index (χ1) is 4.54. The predicted octanol–water partition coefficient (Wildman–Crippen LogP) is 1.20. The number of hydrogen-bond donors (Lipinski definition) is 1. The molecule has 1 aliphatic heterocycles. The van der Waals surface area contributed by atoms with E-state index in [-0.39, 0.29) is 5.57 Å². The van der Waals surface area contributed by atoms with Crippen molar-refractivity contribution in [2.24, 2.45) is 10.2 Å². The third kappa shape index (κ3) is 0.920. The van der Waals surface area contributed by atoms with Crippen molar-refractivity contribution < 1.29 is 9.90 Å². The molecule has 4 heteroatoms. The zero-order chi connectivity index (χ0) is 7.78. The van der Waals surface area contributed by atoms with Crippen LogP contribution in [0.5, 0.6) is 0 Å². The lowest BCUT2D eigenvalue weighted by Crippen LogP contribution is -2.22. The second kappa shape index (κ2) is 1.90. The lowest BCUT2D eigenvalue weighted by atomic mass is 9.97. The Balaban J connectivity index is 2.93. The Bertz CT molecular complexity index is 228. The highest BCUT2D eigenvalue weighted by Crippen LogP contribution is 2.26. The third-order valence-electron chi connectivity index (χ3n) is 1.38. The van der Waals surface area contributed by atoms with Crippen LogP contribution in [0.2, 0.25) is 0 Å². The summed E-state index contributed by atoms with van der Waals surface area (Å²) in [5.74, 6) is -0.949. The molecular formula is C6H8N2O2. The van der Waals surface area contributed by atoms with Crippen LogP contribution in [0.15, 0.2) is 22.0 Å². The smallest absolute Gasteiger partial charge is 0.335 e. The number of carbonyl (C=O) groups is 1. The van der Waals surface area contributed by atoms with Crippen molar-refractivity contribution in [1.82, 2.24) is 0 Å². The topological polar surface area (TPSA) is 62.0 Å². The third-order valence-corrected chi connectivity index (χ3v) is 1.38. The first kappa shape index (κ1) is 6.92. The first-order valence-corrected chi connectivity index (χ1v) is 2.90. The molecule has 0 saturated heterocycles. The Morgan fingerprint density at radius 2 is 2.30 bits per heavy atom. The van der Waals surface area contributed by atoms with Gasteiger partial charge in [-0.3, -0.25) is 0 Å². The van der Waals surface area contributed by atoms with Crippen molar-refractivity contribution in [1.29, 1.82) is 0 Å². The minimum absolute atomic E-state index is 0.243. The summed E-state index contributed by atoms with van der Waals surface area (Å²) < 4.78 is 0. The Labute approximate surface area is 58.3 Å². The van der Waals surface area contributed by atoms with Crippen molar-refractivity contribution in [3.8, 4) is 0 Å². The summed E-state index contributed by atoms with van der Waals surface area (Å²) in [6.45, 7) is 3.42. The molecule has 1 heterocycles. The molecule has 0 unspecified atom stereocenters. The normalized spacial score (nSPS) is 20.8. The number of rotatable bonds is 1. The highest BCUT2D eigenvalue weighted by molar-refractivity contribution is 5.89. The molecule has 4 nitrogen and oxygen atoms in total. The highest BCUT2D eigenvalue weighted by atomic mass is 16.4. The van der Waals surface area contributed by atoms with Crippen LogP contribution < -0.4 is 0 Å². The first-order valence-electron chi connectivity index (χ1n) is 2.90. The molecule has 0 aromatic carbocycles. The second-order valence-electron chi connectivity index (χ2n) is 2.62. The number of carboxylic acids is 1. The van der Waals surface area contributed by atoms with E-state index < -0.39 is 11.5 Å². The highest BCUT2D eigenvalue weighted by Gasteiger charge is 2.31. The molecule has 54 valence electrons. The van der Waals surface area contributed by atoms with Gasteiger partial charge in [0.2, 0.25) is 0 Å². The Kier molecular flexibility index (Phi) is 1.31. The molecule has 1 rings (SSSR count). The van der Waals surface area contributed by atoms with Gasteiger partial charge in [0.15, 0.2) is 0 Å². The number of aliphatic carboxylic acids is 1. The molecular weight excluding hydrogens is 132 g/mol. The van der Waals surface area contributed by atoms with Crippen molar-refractivity contribution in [3.63, 3.8) is 0 Å². The molecule has 0 aliphatic carbocycles. The molecule has 0 spiro atoms. The lowest BCUT2D eigenvalue weighted by molar-refractivity contribution is -0.133. The van der Waals surface area contributed by atoms with Crippen molar-refractivity contribution >= 4 is 5.97 Å². The SMILES string of the molecule is CC1(C)N=NC=C1C(=O)O. The van der Waals surface area contributed by atoms with Crippen molar-refractivity contribution in [2.45, 2.75) is 19.4 Å². The Morgan fingerprint density at radius 1 is 1.70 bits per heavy atom. The van der Waals surface area contributed by atoms with E-state index in [1.807, 2.05) is 0 Å². The summed E-state index contributed by atoms with van der Waals surface area (Å²) in [7, 11) is 0. The van der Waals surface area contributed by atoms with Crippen LogP contribution >= 0.6 is 0 Å². The van der Waals surface area contributed by atoms with Crippen LogP contribution in [0.3, 0.4) is 0 Å². The van der Waals surface area contributed by atoms with Gasteiger partial charge in [-0.2, -0.15) is 10.2 Å². The molecule has 0 aromatic rings. The minimum atomic E-state index is -0.949. The van der Waals surface area contributed by atoms with E-state index in [0.717, 1.165) is 0 Å². The van der Waals surface area contributed by atoms with Gasteiger partial charge < -0.3 is 5.11 Å². The van der Waals surface area contributed by atoms with E-state index in [9.17, 15) is 4.79 Å². The van der Waals surface area contributed by atoms with E-state index in [0.29, 0.717) is 0 Å². The van der Waals surface area contributed by atoms with Crippen LogP contribution in [0, 0.1) is 0 Å². The summed E-state index contributed by atoms with van der Waals surface area (Å²) in [4.78, 5) is 10.4. The molecule has 1 N–H and O–H groups in total. The molecule has 0 aromatic heterocycles. The fraction of sp³-hybridized carbons (Fsp3) is 0.500. The molecule has 0 atom stereocenters. The summed E-state index contributed by atoms with van der Waals surface area (Å²) in [6, 6.07) is 0. The van der Waals surface area contributed by atoms with E-state index in [2.05, 4.69) is 10.2 Å². The van der Waals surface area contributed by atoms with Crippen molar-refractivity contribution in [2.75, 3.05) is 0 Å². The van der Waals surface area contributed by atoms with Crippen LogP contribution in [0.1, 0.15) is 13.8 Å². The number of nitrogens with zero attached hydrogens (tertiary/aromatic N) is 2. The molecule has 1 aliphatic rings.